The Kier molecular flexibility index (Phi) is 14.5. The number of hydrogen-bond donors (Lipinski definition) is 1. The highest BCUT2D eigenvalue weighted by atomic mass is 32.1. The smallest absolute Gasteiger partial charge is 0.416 e. The summed E-state index contributed by atoms with van der Waals surface area (Å²) in [6, 6.07) is 6.85. The standard InChI is InChI=1S/C18H18F3NO4S.C17H16F3NO4S.C4H8O/c1-25-16(23)15-14(10-5-7-22(8-6-10)17(24)26-2)12-4-3-11(18(19,20)21)9-13(12)27-15;1-25-16(24)21-6-4-9(5-7-21)13-11-3-2-10(17(18,19)20)8-12(11)26-14(13)15(22)23;1-2-4-5-3-1/h3-4,9-10H,5-8H2,1-2H3;2-3,8-9H,4-7H2,1H3,(H,22,23);1-4H2. The van der Waals surface area contributed by atoms with Gasteiger partial charge >= 0.3 is 36.5 Å². The van der Waals surface area contributed by atoms with E-state index in [1.807, 2.05) is 0 Å². The number of hydrogen-bond acceptors (Lipinski definition) is 10. The van der Waals surface area contributed by atoms with Gasteiger partial charge in [-0.3, -0.25) is 0 Å². The van der Waals surface area contributed by atoms with E-state index < -0.39 is 47.6 Å². The molecular weight excluding hydrogens is 819 g/mol. The Bertz CT molecular complexity index is 2090. The minimum absolute atomic E-state index is 0.0505. The molecule has 3 aliphatic heterocycles. The van der Waals surface area contributed by atoms with Crippen LogP contribution in [0, 0.1) is 0 Å². The van der Waals surface area contributed by atoms with Crippen molar-refractivity contribution >= 4 is 67.0 Å². The first-order valence-electron chi connectivity index (χ1n) is 18.3. The molecule has 316 valence electrons. The largest absolute Gasteiger partial charge is 0.477 e. The van der Waals surface area contributed by atoms with Crippen molar-refractivity contribution in [2.75, 3.05) is 60.7 Å². The van der Waals surface area contributed by atoms with Crippen LogP contribution in [0.3, 0.4) is 0 Å². The highest BCUT2D eigenvalue weighted by molar-refractivity contribution is 7.21. The Hall–Kier alpha value is -4.62. The van der Waals surface area contributed by atoms with Crippen LogP contribution < -0.4 is 0 Å². The summed E-state index contributed by atoms with van der Waals surface area (Å²) in [6.07, 6.45) is -4.98. The van der Waals surface area contributed by atoms with Crippen LogP contribution >= 0.6 is 22.7 Å². The Morgan fingerprint density at radius 2 is 1.05 bits per heavy atom. The molecule has 4 aromatic rings. The van der Waals surface area contributed by atoms with Crippen molar-refractivity contribution in [1.29, 1.82) is 0 Å². The summed E-state index contributed by atoms with van der Waals surface area (Å²) < 4.78 is 97.7. The number of carboxylic acids is 1. The molecular formula is C39H42F6N2O9S2. The number of methoxy groups -OCH3 is 3. The van der Waals surface area contributed by atoms with E-state index >= 15 is 0 Å². The molecule has 2 amide bonds. The summed E-state index contributed by atoms with van der Waals surface area (Å²) >= 11 is 1.88. The topological polar surface area (TPSA) is 132 Å². The first kappa shape index (κ1) is 44.5. The summed E-state index contributed by atoms with van der Waals surface area (Å²) in [5, 5.41) is 10.7. The number of benzene rings is 2. The van der Waals surface area contributed by atoms with E-state index in [1.54, 1.807) is 4.90 Å². The fourth-order valence-electron chi connectivity index (χ4n) is 7.27. The molecule has 3 aliphatic rings. The zero-order valence-corrected chi connectivity index (χ0v) is 33.4. The second-order valence-electron chi connectivity index (χ2n) is 13.7. The van der Waals surface area contributed by atoms with Gasteiger partial charge < -0.3 is 33.9 Å². The van der Waals surface area contributed by atoms with E-state index in [1.165, 1.54) is 51.2 Å². The lowest BCUT2D eigenvalue weighted by atomic mass is 9.87. The van der Waals surface area contributed by atoms with Crippen molar-refractivity contribution in [3.05, 3.63) is 68.4 Å². The highest BCUT2D eigenvalue weighted by Crippen LogP contribution is 2.44. The van der Waals surface area contributed by atoms with E-state index in [9.17, 15) is 50.6 Å². The molecule has 0 spiro atoms. The van der Waals surface area contributed by atoms with Gasteiger partial charge in [0.05, 0.1) is 32.5 Å². The number of piperidine rings is 2. The number of aromatic carboxylic acids is 1. The number of carbonyl (C=O) groups excluding carboxylic acids is 3. The van der Waals surface area contributed by atoms with E-state index in [-0.39, 0.29) is 16.7 Å². The van der Waals surface area contributed by atoms with Crippen LogP contribution in [0.5, 0.6) is 0 Å². The Labute approximate surface area is 337 Å². The second-order valence-corrected chi connectivity index (χ2v) is 15.8. The number of amides is 2. The summed E-state index contributed by atoms with van der Waals surface area (Å²) in [6.45, 7) is 3.73. The number of nitrogens with zero attached hydrogens (tertiary/aromatic N) is 2. The van der Waals surface area contributed by atoms with Gasteiger partial charge in [0.25, 0.3) is 0 Å². The van der Waals surface area contributed by atoms with Gasteiger partial charge in [0, 0.05) is 48.8 Å². The van der Waals surface area contributed by atoms with Crippen LogP contribution in [0.1, 0.15) is 92.0 Å². The molecule has 1 N–H and O–H groups in total. The van der Waals surface area contributed by atoms with E-state index in [0.29, 0.717) is 88.0 Å². The van der Waals surface area contributed by atoms with Gasteiger partial charge in [0.2, 0.25) is 0 Å². The maximum absolute atomic E-state index is 13.0. The predicted molar refractivity (Wildman–Crippen MR) is 204 cm³/mol. The van der Waals surface area contributed by atoms with Gasteiger partial charge in [0.15, 0.2) is 0 Å². The number of likely N-dealkylation sites (tertiary alicyclic amines) is 2. The first-order valence-corrected chi connectivity index (χ1v) is 19.9. The number of rotatable bonds is 4. The maximum Gasteiger partial charge on any atom is 0.416 e. The third-order valence-corrected chi connectivity index (χ3v) is 12.5. The minimum atomic E-state index is -4.48. The quantitative estimate of drug-likeness (QED) is 0.121. The predicted octanol–water partition coefficient (Wildman–Crippen LogP) is 10.0. The van der Waals surface area contributed by atoms with Crippen LogP contribution in [0.25, 0.3) is 20.2 Å². The lowest BCUT2D eigenvalue weighted by Gasteiger charge is -2.31. The van der Waals surface area contributed by atoms with Gasteiger partial charge in [0.1, 0.15) is 9.75 Å². The molecule has 3 fully saturated rings. The maximum atomic E-state index is 13.0. The zero-order valence-electron chi connectivity index (χ0n) is 31.8. The average molecular weight is 861 g/mol. The normalized spacial score (nSPS) is 16.6. The van der Waals surface area contributed by atoms with Gasteiger partial charge in [-0.1, -0.05) is 12.1 Å². The van der Waals surface area contributed by atoms with Crippen molar-refractivity contribution < 1.29 is 69.6 Å². The fraction of sp³-hybridized carbons (Fsp3) is 0.487. The summed E-state index contributed by atoms with van der Waals surface area (Å²) in [7, 11) is 3.85. The number of carbonyl (C=O) groups is 4. The van der Waals surface area contributed by atoms with Crippen LogP contribution in [0.2, 0.25) is 0 Å². The lowest BCUT2D eigenvalue weighted by Crippen LogP contribution is -2.37. The van der Waals surface area contributed by atoms with Crippen LogP contribution in [0.4, 0.5) is 35.9 Å². The molecule has 0 aliphatic carbocycles. The first-order chi connectivity index (χ1) is 27.5. The highest BCUT2D eigenvalue weighted by Gasteiger charge is 2.35. The molecule has 3 saturated heterocycles. The molecule has 7 rings (SSSR count). The van der Waals surface area contributed by atoms with Crippen molar-refractivity contribution in [2.24, 2.45) is 0 Å². The van der Waals surface area contributed by atoms with Gasteiger partial charge in [-0.25, -0.2) is 19.2 Å². The van der Waals surface area contributed by atoms with Gasteiger partial charge in [-0.15, -0.1) is 22.7 Å². The third kappa shape index (κ3) is 10.3. The molecule has 0 atom stereocenters. The second kappa shape index (κ2) is 19.0. The van der Waals surface area contributed by atoms with Gasteiger partial charge in [-0.05, 0) is 96.5 Å². The number of carboxylic acid groups (broad SMARTS) is 1. The number of halogens is 6. The summed E-state index contributed by atoms with van der Waals surface area (Å²) in [5.74, 6) is -1.89. The fourth-order valence-corrected chi connectivity index (χ4v) is 9.68. The molecule has 58 heavy (non-hydrogen) atoms. The monoisotopic (exact) mass is 860 g/mol. The zero-order chi connectivity index (χ0) is 42.4. The number of thiophene rings is 2. The molecule has 19 heteroatoms. The number of ether oxygens (including phenoxy) is 4. The van der Waals surface area contributed by atoms with Crippen molar-refractivity contribution in [1.82, 2.24) is 9.80 Å². The van der Waals surface area contributed by atoms with Crippen LogP contribution in [-0.4, -0.2) is 99.8 Å². The SMILES string of the molecule is C1CCOC1.COC(=O)N1CCC(c2c(C(=O)O)sc3cc(C(F)(F)F)ccc23)CC1.COC(=O)c1sc2cc(C(F)(F)F)ccc2c1C1CCN(C(=O)OC)CC1. The van der Waals surface area contributed by atoms with E-state index in [2.05, 4.69) is 4.74 Å². The van der Waals surface area contributed by atoms with Crippen LogP contribution in [-0.2, 0) is 31.3 Å². The van der Waals surface area contributed by atoms with Gasteiger partial charge in [-0.2, -0.15) is 26.3 Å². The summed E-state index contributed by atoms with van der Waals surface area (Å²) in [5.41, 5.74) is -0.272. The number of esters is 1. The van der Waals surface area contributed by atoms with Crippen LogP contribution in [0.15, 0.2) is 36.4 Å². The van der Waals surface area contributed by atoms with Crippen molar-refractivity contribution in [3.63, 3.8) is 0 Å². The number of fused-ring (bicyclic) bond motifs is 2. The summed E-state index contributed by atoms with van der Waals surface area (Å²) in [4.78, 5) is 50.6. The molecule has 11 nitrogen and oxygen atoms in total. The third-order valence-electron chi connectivity index (χ3n) is 10.2. The molecule has 0 saturated carbocycles. The Morgan fingerprint density at radius 3 is 1.38 bits per heavy atom. The molecule has 0 bridgehead atoms. The van der Waals surface area contributed by atoms with Crippen molar-refractivity contribution in [3.8, 4) is 0 Å². The molecule has 5 heterocycles. The van der Waals surface area contributed by atoms with E-state index in [0.717, 1.165) is 60.2 Å². The Morgan fingerprint density at radius 1 is 0.655 bits per heavy atom. The number of alkyl halides is 6. The minimum Gasteiger partial charge on any atom is -0.477 e. The molecule has 0 unspecified atom stereocenters. The molecule has 2 aromatic carbocycles. The van der Waals surface area contributed by atoms with Crippen molar-refractivity contribution in [2.45, 2.75) is 62.7 Å². The average Bonchev–Trinajstić information content (AvgIpc) is 4.00. The molecule has 0 radical (unpaired) electrons. The molecule has 2 aromatic heterocycles. The Balaban J connectivity index is 0.000000197. The lowest BCUT2D eigenvalue weighted by molar-refractivity contribution is -0.138. The van der Waals surface area contributed by atoms with E-state index in [4.69, 9.17) is 14.2 Å².